The predicted molar refractivity (Wildman–Crippen MR) is 116 cm³/mol. The first-order valence-electron chi connectivity index (χ1n) is 9.25. The molecule has 7 heteroatoms. The van der Waals surface area contributed by atoms with E-state index in [2.05, 4.69) is 39.2 Å². The molecule has 1 aromatic heterocycles. The smallest absolute Gasteiger partial charge is 0.272 e. The molecule has 1 fully saturated rings. The Morgan fingerprint density at radius 2 is 2.04 bits per heavy atom. The number of benzene rings is 1. The van der Waals surface area contributed by atoms with Crippen LogP contribution in [0, 0.1) is 5.92 Å². The molecule has 1 atom stereocenters. The van der Waals surface area contributed by atoms with Crippen molar-refractivity contribution in [1.29, 1.82) is 0 Å². The molecule has 2 aliphatic rings. The molecule has 27 heavy (non-hydrogen) atoms. The summed E-state index contributed by atoms with van der Waals surface area (Å²) in [5.74, 6) is 0.676. The number of anilines is 3. The maximum absolute atomic E-state index is 12.8. The highest BCUT2D eigenvalue weighted by Gasteiger charge is 2.23. The van der Waals surface area contributed by atoms with Crippen molar-refractivity contribution in [1.82, 2.24) is 5.32 Å². The van der Waals surface area contributed by atoms with E-state index in [0.29, 0.717) is 5.70 Å². The summed E-state index contributed by atoms with van der Waals surface area (Å²) in [6, 6.07) is 10.1. The van der Waals surface area contributed by atoms with Gasteiger partial charge in [0, 0.05) is 29.6 Å². The number of carbonyl (C=O) groups is 1. The molecule has 3 N–H and O–H groups in total. The second kappa shape index (κ2) is 8.27. The average molecular weight is 401 g/mol. The maximum atomic E-state index is 12.8. The van der Waals surface area contributed by atoms with Gasteiger partial charge in [0.2, 0.25) is 0 Å². The summed E-state index contributed by atoms with van der Waals surface area (Å²) in [5, 5.41) is 15.7. The lowest BCUT2D eigenvalue weighted by molar-refractivity contribution is -0.113. The summed E-state index contributed by atoms with van der Waals surface area (Å²) >= 11 is 3.22. The Morgan fingerprint density at radius 1 is 1.22 bits per heavy atom. The summed E-state index contributed by atoms with van der Waals surface area (Å²) in [7, 11) is 0. The topological polar surface area (TPSA) is 56.4 Å². The molecule has 0 aliphatic carbocycles. The van der Waals surface area contributed by atoms with Gasteiger partial charge in [-0.15, -0.1) is 0 Å². The largest absolute Gasteiger partial charge is 0.370 e. The third-order valence-electron chi connectivity index (χ3n) is 4.95. The minimum Gasteiger partial charge on any atom is -0.370 e. The van der Waals surface area contributed by atoms with E-state index in [0.717, 1.165) is 36.1 Å². The van der Waals surface area contributed by atoms with Crippen LogP contribution in [0.1, 0.15) is 19.8 Å². The molecule has 0 saturated carbocycles. The lowest BCUT2D eigenvalue weighted by atomic mass is 9.98. The van der Waals surface area contributed by atoms with Crippen LogP contribution in [-0.2, 0) is 4.79 Å². The Morgan fingerprint density at radius 3 is 2.81 bits per heavy atom. The van der Waals surface area contributed by atoms with Crippen LogP contribution in [0.4, 0.5) is 17.1 Å². The molecule has 0 bridgehead atoms. The third kappa shape index (κ3) is 4.42. The van der Waals surface area contributed by atoms with Gasteiger partial charge in [0.1, 0.15) is 11.2 Å². The van der Waals surface area contributed by atoms with Gasteiger partial charge >= 0.3 is 0 Å². The van der Waals surface area contributed by atoms with E-state index in [1.165, 1.54) is 12.8 Å². The van der Waals surface area contributed by atoms with E-state index < -0.39 is 0 Å². The molecule has 0 spiro atoms. The quantitative estimate of drug-likeness (QED) is 0.690. The number of hydrogen-bond acceptors (Lipinski definition) is 6. The predicted octanol–water partition coefficient (Wildman–Crippen LogP) is 4.50. The number of amides is 1. The Hall–Kier alpha value is -2.12. The van der Waals surface area contributed by atoms with Crippen molar-refractivity contribution in [3.8, 4) is 0 Å². The van der Waals surface area contributed by atoms with Gasteiger partial charge < -0.3 is 20.9 Å². The average Bonchev–Trinajstić information content (AvgIpc) is 3.36. The monoisotopic (exact) mass is 400 g/mol. The number of thiophene rings is 1. The summed E-state index contributed by atoms with van der Waals surface area (Å²) in [4.78, 5) is 15.1. The van der Waals surface area contributed by atoms with Crippen LogP contribution in [0.5, 0.6) is 0 Å². The fourth-order valence-electron chi connectivity index (χ4n) is 3.33. The number of para-hydroxylation sites is 2. The van der Waals surface area contributed by atoms with Gasteiger partial charge in [-0.25, -0.2) is 0 Å². The van der Waals surface area contributed by atoms with Crippen LogP contribution in [0.3, 0.4) is 0 Å². The number of carbonyl (C=O) groups excluding carboxylic acids is 1. The summed E-state index contributed by atoms with van der Waals surface area (Å²) < 4.78 is 0. The number of nitrogens with zero attached hydrogens (tertiary/aromatic N) is 1. The highest BCUT2D eigenvalue weighted by molar-refractivity contribution is 8.03. The standard InChI is InChI=1S/C20H24N4OS2/c1-14-6-9-24(10-7-14)18-5-3-2-4-16(18)22-19(25)17-13-27-20(23-17)21-15-8-11-26-12-15/h2-5,8,11-14,20-21,23H,6-7,9-10H2,1H3,(H,22,25). The second-order valence-electron chi connectivity index (χ2n) is 6.99. The lowest BCUT2D eigenvalue weighted by Crippen LogP contribution is -2.35. The molecule has 142 valence electrons. The molecular formula is C20H24N4OS2. The summed E-state index contributed by atoms with van der Waals surface area (Å²) in [6.45, 7) is 4.39. The van der Waals surface area contributed by atoms with E-state index >= 15 is 0 Å². The minimum absolute atomic E-state index is 0.0285. The maximum Gasteiger partial charge on any atom is 0.272 e. The van der Waals surface area contributed by atoms with Gasteiger partial charge in [0.15, 0.2) is 0 Å². The zero-order valence-electron chi connectivity index (χ0n) is 15.3. The van der Waals surface area contributed by atoms with Crippen LogP contribution in [0.15, 0.2) is 52.2 Å². The van der Waals surface area contributed by atoms with Crippen molar-refractivity contribution in [2.45, 2.75) is 25.3 Å². The first-order chi connectivity index (χ1) is 13.2. The van der Waals surface area contributed by atoms with Gasteiger partial charge in [0.25, 0.3) is 5.91 Å². The number of hydrogen-bond donors (Lipinski definition) is 3. The molecule has 1 saturated heterocycles. The van der Waals surface area contributed by atoms with Gasteiger partial charge in [-0.05, 0) is 42.3 Å². The van der Waals surface area contributed by atoms with Crippen molar-refractivity contribution in [2.75, 3.05) is 28.6 Å². The number of rotatable bonds is 5. The van der Waals surface area contributed by atoms with Crippen molar-refractivity contribution < 1.29 is 4.79 Å². The van der Waals surface area contributed by atoms with E-state index in [9.17, 15) is 4.79 Å². The molecule has 4 rings (SSSR count). The SMILES string of the molecule is CC1CCN(c2ccccc2NC(=O)C2=CSC(Nc3ccsc3)N2)CC1. The molecule has 5 nitrogen and oxygen atoms in total. The van der Waals surface area contributed by atoms with Crippen LogP contribution < -0.4 is 20.9 Å². The molecule has 1 amide bonds. The zero-order valence-corrected chi connectivity index (χ0v) is 16.9. The molecule has 2 aromatic rings. The summed E-state index contributed by atoms with van der Waals surface area (Å²) in [5.41, 5.74) is 3.61. The molecule has 1 unspecified atom stereocenters. The number of thioether (sulfide) groups is 1. The summed E-state index contributed by atoms with van der Waals surface area (Å²) in [6.07, 6.45) is 2.39. The highest BCUT2D eigenvalue weighted by Crippen LogP contribution is 2.31. The fraction of sp³-hybridized carbons (Fsp3) is 0.350. The van der Waals surface area contributed by atoms with Crippen molar-refractivity contribution in [2.24, 2.45) is 5.92 Å². The van der Waals surface area contributed by atoms with Crippen LogP contribution in [-0.4, -0.2) is 24.5 Å². The molecule has 3 heterocycles. The van der Waals surface area contributed by atoms with E-state index in [-0.39, 0.29) is 11.4 Å². The van der Waals surface area contributed by atoms with Gasteiger partial charge in [-0.2, -0.15) is 11.3 Å². The van der Waals surface area contributed by atoms with E-state index in [4.69, 9.17) is 0 Å². The van der Waals surface area contributed by atoms with Crippen molar-refractivity contribution in [3.05, 3.63) is 52.2 Å². The third-order valence-corrected chi connectivity index (χ3v) is 6.51. The van der Waals surface area contributed by atoms with E-state index in [1.54, 1.807) is 23.1 Å². The number of nitrogens with one attached hydrogen (secondary N) is 3. The van der Waals surface area contributed by atoms with Crippen LogP contribution in [0.25, 0.3) is 0 Å². The van der Waals surface area contributed by atoms with Gasteiger partial charge in [-0.3, -0.25) is 4.79 Å². The Bertz CT molecular complexity index is 813. The molecule has 2 aliphatic heterocycles. The first-order valence-corrected chi connectivity index (χ1v) is 11.1. The highest BCUT2D eigenvalue weighted by atomic mass is 32.2. The normalized spacial score (nSPS) is 20.1. The van der Waals surface area contributed by atoms with Crippen LogP contribution in [0.2, 0.25) is 0 Å². The number of piperidine rings is 1. The minimum atomic E-state index is -0.102. The van der Waals surface area contributed by atoms with E-state index in [1.807, 2.05) is 35.1 Å². The van der Waals surface area contributed by atoms with Gasteiger partial charge in [0.05, 0.1) is 11.4 Å². The molecular weight excluding hydrogens is 376 g/mol. The van der Waals surface area contributed by atoms with Crippen LogP contribution >= 0.6 is 23.1 Å². The van der Waals surface area contributed by atoms with Crippen molar-refractivity contribution >= 4 is 46.1 Å². The Kier molecular flexibility index (Phi) is 5.59. The van der Waals surface area contributed by atoms with Crippen molar-refractivity contribution in [3.63, 3.8) is 0 Å². The Labute approximate surface area is 168 Å². The lowest BCUT2D eigenvalue weighted by Gasteiger charge is -2.33. The Balaban J connectivity index is 1.39. The fourth-order valence-corrected chi connectivity index (χ4v) is 4.77. The zero-order chi connectivity index (χ0) is 18.6. The first kappa shape index (κ1) is 18.3. The van der Waals surface area contributed by atoms with Gasteiger partial charge in [-0.1, -0.05) is 30.8 Å². The molecule has 0 radical (unpaired) electrons. The second-order valence-corrected chi connectivity index (χ2v) is 8.75. The molecule has 1 aromatic carbocycles.